The standard InChI is InChI=1S/C21H14F6/c1-2-12-4-8-16-15(9-12)7-6-14(20(16)24)5-3-13-10-17(22)19(18(23)11-13)21(25,26)27/h2,6-7,10-12H,1,4,8-9H2. The zero-order valence-corrected chi connectivity index (χ0v) is 14.1. The van der Waals surface area contributed by atoms with E-state index in [1.807, 2.05) is 6.08 Å². The quantitative estimate of drug-likeness (QED) is 0.333. The number of fused-ring (bicyclic) bond motifs is 1. The van der Waals surface area contributed by atoms with E-state index < -0.39 is 29.2 Å². The van der Waals surface area contributed by atoms with Crippen LogP contribution >= 0.6 is 0 Å². The van der Waals surface area contributed by atoms with Crippen LogP contribution in [0.15, 0.2) is 36.9 Å². The molecule has 0 fully saturated rings. The molecular weight excluding hydrogens is 366 g/mol. The molecule has 0 spiro atoms. The normalized spacial score (nSPS) is 16.3. The van der Waals surface area contributed by atoms with Crippen molar-refractivity contribution in [3.05, 3.63) is 82.2 Å². The number of hydrogen-bond acceptors (Lipinski definition) is 0. The molecule has 2 aromatic rings. The van der Waals surface area contributed by atoms with Gasteiger partial charge in [0.05, 0.1) is 5.56 Å². The summed E-state index contributed by atoms with van der Waals surface area (Å²) >= 11 is 0. The lowest BCUT2D eigenvalue weighted by atomic mass is 9.83. The minimum Gasteiger partial charge on any atom is -0.206 e. The molecule has 0 amide bonds. The van der Waals surface area contributed by atoms with Crippen LogP contribution in [0.4, 0.5) is 26.3 Å². The molecule has 0 bridgehead atoms. The number of allylic oxidation sites excluding steroid dienone is 1. The predicted octanol–water partition coefficient (Wildman–Crippen LogP) is 5.81. The van der Waals surface area contributed by atoms with Gasteiger partial charge < -0.3 is 0 Å². The molecule has 0 aromatic heterocycles. The van der Waals surface area contributed by atoms with Crippen molar-refractivity contribution < 1.29 is 26.3 Å². The Hall–Kier alpha value is -2.68. The highest BCUT2D eigenvalue weighted by atomic mass is 19.4. The Morgan fingerprint density at radius 2 is 1.70 bits per heavy atom. The maximum absolute atomic E-state index is 14.6. The van der Waals surface area contributed by atoms with Gasteiger partial charge in [0.15, 0.2) is 0 Å². The maximum Gasteiger partial charge on any atom is 0.422 e. The Kier molecular flexibility index (Phi) is 5.05. The van der Waals surface area contributed by atoms with Gasteiger partial charge in [0.2, 0.25) is 0 Å². The van der Waals surface area contributed by atoms with Crippen molar-refractivity contribution >= 4 is 0 Å². The van der Waals surface area contributed by atoms with E-state index in [-0.39, 0.29) is 17.0 Å². The van der Waals surface area contributed by atoms with Crippen molar-refractivity contribution in [1.29, 1.82) is 0 Å². The van der Waals surface area contributed by atoms with Crippen molar-refractivity contribution in [2.45, 2.75) is 25.4 Å². The molecule has 0 heterocycles. The third-order valence-electron chi connectivity index (χ3n) is 4.59. The molecule has 6 heteroatoms. The van der Waals surface area contributed by atoms with E-state index in [1.165, 1.54) is 6.07 Å². The van der Waals surface area contributed by atoms with E-state index in [9.17, 15) is 26.3 Å². The number of halogens is 6. The zero-order chi connectivity index (χ0) is 19.8. The molecule has 27 heavy (non-hydrogen) atoms. The summed E-state index contributed by atoms with van der Waals surface area (Å²) in [6.07, 6.45) is -1.34. The molecule has 1 unspecified atom stereocenters. The van der Waals surface area contributed by atoms with Crippen LogP contribution in [-0.2, 0) is 19.0 Å². The molecule has 0 saturated heterocycles. The summed E-state index contributed by atoms with van der Waals surface area (Å²) in [6, 6.07) is 4.18. The van der Waals surface area contributed by atoms with Crippen LogP contribution in [0.1, 0.15) is 34.2 Å². The largest absolute Gasteiger partial charge is 0.422 e. The lowest BCUT2D eigenvalue weighted by Crippen LogP contribution is -2.14. The third kappa shape index (κ3) is 3.87. The number of rotatable bonds is 1. The minimum atomic E-state index is -5.14. The maximum atomic E-state index is 14.6. The number of alkyl halides is 3. The van der Waals surface area contributed by atoms with Crippen LogP contribution in [0.25, 0.3) is 0 Å². The SMILES string of the molecule is C=CC1CCc2c(ccc(C#Cc3cc(F)c(C(F)(F)F)c(F)c3)c2F)C1. The van der Waals surface area contributed by atoms with Gasteiger partial charge in [-0.25, -0.2) is 13.2 Å². The summed E-state index contributed by atoms with van der Waals surface area (Å²) in [4.78, 5) is 0. The van der Waals surface area contributed by atoms with E-state index in [2.05, 4.69) is 18.4 Å². The Morgan fingerprint density at radius 3 is 2.30 bits per heavy atom. The van der Waals surface area contributed by atoms with Crippen LogP contribution in [0, 0.1) is 35.2 Å². The fourth-order valence-electron chi connectivity index (χ4n) is 3.19. The average molecular weight is 380 g/mol. The molecule has 0 saturated carbocycles. The van der Waals surface area contributed by atoms with Gasteiger partial charge in [0, 0.05) is 5.56 Å². The van der Waals surface area contributed by atoms with Crippen molar-refractivity contribution in [2.75, 3.05) is 0 Å². The first-order valence-electron chi connectivity index (χ1n) is 8.21. The van der Waals surface area contributed by atoms with E-state index in [0.717, 1.165) is 12.0 Å². The van der Waals surface area contributed by atoms with Crippen LogP contribution in [0.5, 0.6) is 0 Å². The van der Waals surface area contributed by atoms with Crippen LogP contribution < -0.4 is 0 Å². The monoisotopic (exact) mass is 380 g/mol. The zero-order valence-electron chi connectivity index (χ0n) is 14.1. The Morgan fingerprint density at radius 1 is 1.04 bits per heavy atom. The lowest BCUT2D eigenvalue weighted by molar-refractivity contribution is -0.142. The van der Waals surface area contributed by atoms with Gasteiger partial charge in [-0.1, -0.05) is 24.0 Å². The molecule has 0 nitrogen and oxygen atoms in total. The third-order valence-corrected chi connectivity index (χ3v) is 4.59. The van der Waals surface area contributed by atoms with E-state index in [4.69, 9.17) is 0 Å². The van der Waals surface area contributed by atoms with Crippen LogP contribution in [0.2, 0.25) is 0 Å². The summed E-state index contributed by atoms with van der Waals surface area (Å²) in [5.74, 6) is 1.06. The molecule has 1 atom stereocenters. The first-order chi connectivity index (χ1) is 12.7. The molecule has 1 aliphatic carbocycles. The molecule has 0 aliphatic heterocycles. The van der Waals surface area contributed by atoms with Crippen molar-refractivity contribution in [3.8, 4) is 11.8 Å². The summed E-state index contributed by atoms with van der Waals surface area (Å²) < 4.78 is 79.6. The van der Waals surface area contributed by atoms with Crippen molar-refractivity contribution in [1.82, 2.24) is 0 Å². The number of benzene rings is 2. The van der Waals surface area contributed by atoms with Gasteiger partial charge in [-0.15, -0.1) is 6.58 Å². The van der Waals surface area contributed by atoms with E-state index >= 15 is 0 Å². The molecule has 140 valence electrons. The second-order valence-corrected chi connectivity index (χ2v) is 6.37. The highest BCUT2D eigenvalue weighted by Gasteiger charge is 2.37. The second-order valence-electron chi connectivity index (χ2n) is 6.37. The summed E-state index contributed by atoms with van der Waals surface area (Å²) in [6.45, 7) is 3.75. The molecule has 2 aromatic carbocycles. The highest BCUT2D eigenvalue weighted by molar-refractivity contribution is 5.48. The molecule has 0 N–H and O–H groups in total. The Labute approximate surface area is 152 Å². The minimum absolute atomic E-state index is 0.0338. The number of hydrogen-bond donors (Lipinski definition) is 0. The molecule has 0 radical (unpaired) electrons. The van der Waals surface area contributed by atoms with Gasteiger partial charge >= 0.3 is 6.18 Å². The highest BCUT2D eigenvalue weighted by Crippen LogP contribution is 2.34. The van der Waals surface area contributed by atoms with E-state index in [0.29, 0.717) is 30.5 Å². The van der Waals surface area contributed by atoms with Crippen LogP contribution in [0.3, 0.4) is 0 Å². The van der Waals surface area contributed by atoms with Gasteiger partial charge in [-0.05, 0) is 54.5 Å². The van der Waals surface area contributed by atoms with E-state index in [1.54, 1.807) is 6.07 Å². The summed E-state index contributed by atoms with van der Waals surface area (Å²) in [7, 11) is 0. The second kappa shape index (κ2) is 7.15. The van der Waals surface area contributed by atoms with Crippen LogP contribution in [-0.4, -0.2) is 0 Å². The fourth-order valence-corrected chi connectivity index (χ4v) is 3.19. The summed E-state index contributed by atoms with van der Waals surface area (Å²) in [5.41, 5.74) is -0.830. The van der Waals surface area contributed by atoms with Gasteiger partial charge in [-0.3, -0.25) is 0 Å². The van der Waals surface area contributed by atoms with Gasteiger partial charge in [0.25, 0.3) is 0 Å². The van der Waals surface area contributed by atoms with Crippen molar-refractivity contribution in [3.63, 3.8) is 0 Å². The lowest BCUT2D eigenvalue weighted by Gasteiger charge is -2.22. The Balaban J connectivity index is 1.94. The molecular formula is C21H14F6. The average Bonchev–Trinajstić information content (AvgIpc) is 2.59. The first-order valence-corrected chi connectivity index (χ1v) is 8.21. The predicted molar refractivity (Wildman–Crippen MR) is 89.5 cm³/mol. The first kappa shape index (κ1) is 19.1. The van der Waals surface area contributed by atoms with Gasteiger partial charge in [-0.2, -0.15) is 13.2 Å². The topological polar surface area (TPSA) is 0 Å². The summed E-state index contributed by atoms with van der Waals surface area (Å²) in [5, 5.41) is 0. The smallest absolute Gasteiger partial charge is 0.206 e. The molecule has 1 aliphatic rings. The van der Waals surface area contributed by atoms with Crippen molar-refractivity contribution in [2.24, 2.45) is 5.92 Å². The fraction of sp³-hybridized carbons (Fsp3) is 0.238. The molecule has 3 rings (SSSR count). The Bertz CT molecular complexity index is 936. The van der Waals surface area contributed by atoms with Gasteiger partial charge in [0.1, 0.15) is 23.0 Å².